The minimum Gasteiger partial charge on any atom is -0.161 e. The van der Waals surface area contributed by atoms with Crippen LogP contribution in [0.4, 0.5) is 0 Å². The normalized spacial score (nSPS) is 10.0. The van der Waals surface area contributed by atoms with Crippen molar-refractivity contribution in [1.82, 2.24) is 0 Å². The lowest BCUT2D eigenvalue weighted by Crippen LogP contribution is -1.83. The molecule has 2 heteroatoms. The maximum Gasteiger partial charge on any atom is 0.0314 e. The smallest absolute Gasteiger partial charge is 0.0314 e. The van der Waals surface area contributed by atoms with Gasteiger partial charge in [-0.05, 0) is 12.2 Å². The van der Waals surface area contributed by atoms with Crippen molar-refractivity contribution >= 4 is 23.4 Å². The molecule has 0 aromatic carbocycles. The Balaban J connectivity index is 2.60. The highest BCUT2D eigenvalue weighted by Gasteiger charge is 1.86. The Morgan fingerprint density at radius 3 is 2.56 bits per heavy atom. The van der Waals surface area contributed by atoms with Crippen LogP contribution in [0.2, 0.25) is 0 Å². The third-order valence-corrected chi connectivity index (χ3v) is 2.60. The van der Waals surface area contributed by atoms with Gasteiger partial charge >= 0.3 is 0 Å². The fraction of sp³-hybridized carbons (Fsp3) is 1.00. The number of hydrogen-bond acceptors (Lipinski definition) is 1. The van der Waals surface area contributed by atoms with Crippen LogP contribution in [0.1, 0.15) is 26.2 Å². The highest BCUT2D eigenvalue weighted by Crippen LogP contribution is 2.05. The maximum absolute atomic E-state index is 5.49. The van der Waals surface area contributed by atoms with E-state index in [2.05, 4.69) is 6.92 Å². The van der Waals surface area contributed by atoms with E-state index in [0.717, 1.165) is 11.6 Å². The van der Waals surface area contributed by atoms with Crippen LogP contribution in [0.3, 0.4) is 0 Å². The highest BCUT2D eigenvalue weighted by molar-refractivity contribution is 7.99. The molecule has 0 N–H and O–H groups in total. The quantitative estimate of drug-likeness (QED) is 0.432. The average Bonchev–Trinajstić information content (AvgIpc) is 1.89. The lowest BCUT2D eigenvalue weighted by molar-refractivity contribution is 0.779. The largest absolute Gasteiger partial charge is 0.161 e. The molecule has 0 amide bonds. The molecule has 0 aliphatic rings. The van der Waals surface area contributed by atoms with Crippen LogP contribution in [0, 0.1) is 0 Å². The van der Waals surface area contributed by atoms with Gasteiger partial charge in [0, 0.05) is 11.6 Å². The maximum atomic E-state index is 5.49. The van der Waals surface area contributed by atoms with Crippen molar-refractivity contribution in [2.75, 3.05) is 17.4 Å². The van der Waals surface area contributed by atoms with Gasteiger partial charge in [0.15, 0.2) is 0 Å². The zero-order valence-corrected chi connectivity index (χ0v) is 7.60. The summed E-state index contributed by atoms with van der Waals surface area (Å²) in [6, 6.07) is 0. The molecule has 0 bridgehead atoms. The summed E-state index contributed by atoms with van der Waals surface area (Å²) in [5.41, 5.74) is 0. The van der Waals surface area contributed by atoms with Crippen molar-refractivity contribution in [2.45, 2.75) is 26.2 Å². The van der Waals surface area contributed by atoms with Gasteiger partial charge in [-0.25, -0.2) is 0 Å². The molecule has 0 radical (unpaired) electrons. The topological polar surface area (TPSA) is 0 Å². The number of halogens is 1. The number of rotatable bonds is 6. The van der Waals surface area contributed by atoms with E-state index in [4.69, 9.17) is 11.6 Å². The monoisotopic (exact) mass is 166 g/mol. The lowest BCUT2D eigenvalue weighted by atomic mass is 10.3. The van der Waals surface area contributed by atoms with E-state index in [0.29, 0.717) is 0 Å². The van der Waals surface area contributed by atoms with E-state index in [1.807, 2.05) is 11.8 Å². The molecule has 56 valence electrons. The van der Waals surface area contributed by atoms with Gasteiger partial charge in [-0.3, -0.25) is 0 Å². The molecule has 9 heavy (non-hydrogen) atoms. The second-order valence-corrected chi connectivity index (χ2v) is 3.61. The van der Waals surface area contributed by atoms with Crippen LogP contribution in [-0.2, 0) is 0 Å². The molecule has 0 nitrogen and oxygen atoms in total. The van der Waals surface area contributed by atoms with E-state index < -0.39 is 0 Å². The summed E-state index contributed by atoms with van der Waals surface area (Å²) >= 11 is 7.45. The van der Waals surface area contributed by atoms with Crippen molar-refractivity contribution in [3.63, 3.8) is 0 Å². The van der Waals surface area contributed by atoms with Gasteiger partial charge in [0.1, 0.15) is 0 Å². The first-order valence-electron chi connectivity index (χ1n) is 3.55. The van der Waals surface area contributed by atoms with Gasteiger partial charge in [0.05, 0.1) is 0 Å². The summed E-state index contributed by atoms with van der Waals surface area (Å²) in [7, 11) is 0. The molecular weight excluding hydrogens is 152 g/mol. The standard InChI is InChI=1S/C7H15ClS/c1-2-3-4-6-9-7-5-8/h2-7H2,1H3. The van der Waals surface area contributed by atoms with Crippen LogP contribution in [0.25, 0.3) is 0 Å². The third-order valence-electron chi connectivity index (χ3n) is 1.11. The number of hydrogen-bond donors (Lipinski definition) is 0. The minimum absolute atomic E-state index is 0.802. The molecule has 0 fully saturated rings. The van der Waals surface area contributed by atoms with Gasteiger partial charge in [-0.2, -0.15) is 11.8 Å². The van der Waals surface area contributed by atoms with Crippen LogP contribution in [-0.4, -0.2) is 17.4 Å². The second-order valence-electron chi connectivity index (χ2n) is 2.01. The van der Waals surface area contributed by atoms with Gasteiger partial charge in [0.2, 0.25) is 0 Å². The molecule has 0 saturated carbocycles. The Morgan fingerprint density at radius 2 is 2.00 bits per heavy atom. The number of thioether (sulfide) groups is 1. The Morgan fingerprint density at radius 1 is 1.22 bits per heavy atom. The summed E-state index contributed by atoms with van der Waals surface area (Å²) < 4.78 is 0. The highest BCUT2D eigenvalue weighted by atomic mass is 35.5. The van der Waals surface area contributed by atoms with Gasteiger partial charge in [0.25, 0.3) is 0 Å². The van der Waals surface area contributed by atoms with E-state index in [-0.39, 0.29) is 0 Å². The summed E-state index contributed by atoms with van der Waals surface area (Å²) in [5, 5.41) is 0. The Labute approximate surface area is 67.4 Å². The summed E-state index contributed by atoms with van der Waals surface area (Å²) in [4.78, 5) is 0. The van der Waals surface area contributed by atoms with Crippen LogP contribution >= 0.6 is 23.4 Å². The first-order chi connectivity index (χ1) is 4.41. The lowest BCUT2D eigenvalue weighted by Gasteiger charge is -1.95. The van der Waals surface area contributed by atoms with Crippen LogP contribution in [0.5, 0.6) is 0 Å². The van der Waals surface area contributed by atoms with Crippen molar-refractivity contribution < 1.29 is 0 Å². The fourth-order valence-corrected chi connectivity index (χ4v) is 1.66. The molecular formula is C7H15ClS. The Hall–Kier alpha value is 0.640. The van der Waals surface area contributed by atoms with Crippen molar-refractivity contribution in [3.8, 4) is 0 Å². The van der Waals surface area contributed by atoms with E-state index in [1.165, 1.54) is 25.0 Å². The molecule has 0 heterocycles. The van der Waals surface area contributed by atoms with Crippen molar-refractivity contribution in [1.29, 1.82) is 0 Å². The van der Waals surface area contributed by atoms with E-state index in [1.54, 1.807) is 0 Å². The molecule has 0 saturated heterocycles. The fourth-order valence-electron chi connectivity index (χ4n) is 0.611. The molecule has 0 atom stereocenters. The summed E-state index contributed by atoms with van der Waals surface area (Å²) in [6.07, 6.45) is 4.05. The first-order valence-corrected chi connectivity index (χ1v) is 5.24. The average molecular weight is 167 g/mol. The van der Waals surface area contributed by atoms with Gasteiger partial charge < -0.3 is 0 Å². The first kappa shape index (κ1) is 9.64. The van der Waals surface area contributed by atoms with Crippen molar-refractivity contribution in [3.05, 3.63) is 0 Å². The van der Waals surface area contributed by atoms with Crippen LogP contribution in [0.15, 0.2) is 0 Å². The van der Waals surface area contributed by atoms with Crippen molar-refractivity contribution in [2.24, 2.45) is 0 Å². The molecule has 0 aliphatic carbocycles. The third kappa shape index (κ3) is 8.64. The van der Waals surface area contributed by atoms with E-state index in [9.17, 15) is 0 Å². The molecule has 0 rings (SSSR count). The number of unbranched alkanes of at least 4 members (excludes halogenated alkanes) is 2. The predicted octanol–water partition coefficient (Wildman–Crippen LogP) is 3.15. The molecule has 0 aromatic rings. The summed E-state index contributed by atoms with van der Waals surface area (Å²) in [6.45, 7) is 2.23. The predicted molar refractivity (Wildman–Crippen MR) is 47.6 cm³/mol. The zero-order chi connectivity index (χ0) is 6.95. The molecule has 0 aliphatic heterocycles. The van der Waals surface area contributed by atoms with Crippen LogP contribution < -0.4 is 0 Å². The molecule has 0 aromatic heterocycles. The number of alkyl halides is 1. The van der Waals surface area contributed by atoms with Gasteiger partial charge in [-0.15, -0.1) is 11.6 Å². The second kappa shape index (κ2) is 8.64. The minimum atomic E-state index is 0.802. The molecule has 0 spiro atoms. The SMILES string of the molecule is CCCCCSCCCl. The molecule has 0 unspecified atom stereocenters. The Bertz CT molecular complexity index is 42.2. The van der Waals surface area contributed by atoms with E-state index >= 15 is 0 Å². The van der Waals surface area contributed by atoms with Gasteiger partial charge in [-0.1, -0.05) is 19.8 Å². The Kier molecular flexibility index (Phi) is 9.25. The zero-order valence-electron chi connectivity index (χ0n) is 6.03. The summed E-state index contributed by atoms with van der Waals surface area (Å²) in [5.74, 6) is 3.21.